The lowest BCUT2D eigenvalue weighted by Crippen LogP contribution is -2.63. The Kier molecular flexibility index (Phi) is 14.9. The average molecular weight is 854 g/mol. The van der Waals surface area contributed by atoms with Gasteiger partial charge in [0.15, 0.2) is 0 Å². The van der Waals surface area contributed by atoms with Crippen LogP contribution in [-0.2, 0) is 0 Å². The van der Waals surface area contributed by atoms with E-state index in [-0.39, 0.29) is 0 Å². The molecule has 0 radical (unpaired) electrons. The molecule has 0 spiro atoms. The van der Waals surface area contributed by atoms with Gasteiger partial charge in [-0.1, -0.05) is 106 Å². The highest BCUT2D eigenvalue weighted by molar-refractivity contribution is 5.06. The van der Waals surface area contributed by atoms with E-state index < -0.39 is 0 Å². The summed E-state index contributed by atoms with van der Waals surface area (Å²) in [5.74, 6) is 16.2. The van der Waals surface area contributed by atoms with Gasteiger partial charge < -0.3 is 0 Å². The van der Waals surface area contributed by atoms with Crippen molar-refractivity contribution in [2.24, 2.45) is 94.7 Å². The van der Waals surface area contributed by atoms with E-state index in [1.165, 1.54) is 128 Å². The Labute approximate surface area is 386 Å². The molecule has 0 heterocycles. The third kappa shape index (κ3) is 9.77. The molecule has 14 unspecified atom stereocenters. The summed E-state index contributed by atoms with van der Waals surface area (Å²) in [6, 6.07) is 5.24. The van der Waals surface area contributed by atoms with E-state index in [0.29, 0.717) is 0 Å². The van der Waals surface area contributed by atoms with Crippen molar-refractivity contribution in [2.75, 3.05) is 0 Å². The fraction of sp³-hybridized carbons (Fsp3) is 1.00. The van der Waals surface area contributed by atoms with Gasteiger partial charge in [0, 0.05) is 36.3 Å². The minimum absolute atomic E-state index is 0.871. The first kappa shape index (κ1) is 45.7. The maximum atomic E-state index is 3.44. The molecule has 2 nitrogen and oxygen atoms in total. The second kappa shape index (κ2) is 20.3. The Morgan fingerprint density at radius 1 is 0.242 bits per heavy atom. The van der Waals surface area contributed by atoms with Crippen LogP contribution in [0.1, 0.15) is 247 Å². The fourth-order valence-corrected chi connectivity index (χ4v) is 19.8. The van der Waals surface area contributed by atoms with Crippen LogP contribution in [-0.4, -0.2) is 46.1 Å². The van der Waals surface area contributed by atoms with Gasteiger partial charge in [-0.2, -0.15) is 0 Å². The van der Waals surface area contributed by atoms with Gasteiger partial charge in [-0.15, -0.1) is 0 Å². The molecule has 0 N–H and O–H groups in total. The number of fused-ring (bicyclic) bond motifs is 1. The molecule has 0 saturated heterocycles. The van der Waals surface area contributed by atoms with Gasteiger partial charge in [0.1, 0.15) is 0 Å². The summed E-state index contributed by atoms with van der Waals surface area (Å²) in [6.07, 6.45) is 49.2. The Morgan fingerprint density at radius 2 is 0.629 bits per heavy atom. The molecule has 0 aliphatic heterocycles. The minimum Gasteiger partial charge on any atom is -0.294 e. The molecule has 2 heteroatoms. The second-order valence-electron chi connectivity index (χ2n) is 27.3. The monoisotopic (exact) mass is 853 g/mol. The van der Waals surface area contributed by atoms with Crippen molar-refractivity contribution in [3.8, 4) is 0 Å². The predicted molar refractivity (Wildman–Crippen MR) is 264 cm³/mol. The molecule has 62 heavy (non-hydrogen) atoms. The maximum absolute atomic E-state index is 3.44. The second-order valence-corrected chi connectivity index (χ2v) is 27.3. The lowest BCUT2D eigenvalue weighted by Gasteiger charge is -2.60. The highest BCUT2D eigenvalue weighted by Gasteiger charge is 2.53. The van der Waals surface area contributed by atoms with Gasteiger partial charge in [-0.05, 0) is 236 Å². The van der Waals surface area contributed by atoms with Crippen molar-refractivity contribution in [2.45, 2.75) is 283 Å². The zero-order valence-electron chi connectivity index (χ0n) is 42.2. The summed E-state index contributed by atoms with van der Waals surface area (Å²) in [5, 5.41) is 0. The lowest BCUT2D eigenvalue weighted by molar-refractivity contribution is -0.101. The van der Waals surface area contributed by atoms with Crippen LogP contribution in [0.2, 0.25) is 0 Å². The molecule has 354 valence electrons. The van der Waals surface area contributed by atoms with Crippen LogP contribution < -0.4 is 0 Å². The number of nitrogens with zero attached hydrogens (tertiary/aromatic N) is 2. The normalized spacial score (nSPS) is 51.9. The highest BCUT2D eigenvalue weighted by Crippen LogP contribution is 2.56. The highest BCUT2D eigenvalue weighted by atomic mass is 15.3. The molecule has 0 amide bonds. The van der Waals surface area contributed by atoms with Crippen molar-refractivity contribution < 1.29 is 0 Å². The van der Waals surface area contributed by atoms with Gasteiger partial charge in [0.2, 0.25) is 0 Å². The molecule has 10 aliphatic carbocycles. The zero-order chi connectivity index (χ0) is 42.5. The lowest BCUT2D eigenvalue weighted by atomic mass is 9.56. The minimum atomic E-state index is 0.871. The van der Waals surface area contributed by atoms with E-state index in [1.807, 2.05) is 0 Å². The molecule has 0 aromatic rings. The molecule has 10 saturated carbocycles. The van der Waals surface area contributed by atoms with Crippen molar-refractivity contribution in [3.63, 3.8) is 0 Å². The third-order valence-electron chi connectivity index (χ3n) is 23.4. The van der Waals surface area contributed by atoms with Crippen molar-refractivity contribution in [1.29, 1.82) is 0 Å². The third-order valence-corrected chi connectivity index (χ3v) is 23.4. The van der Waals surface area contributed by atoms with Crippen LogP contribution in [0.3, 0.4) is 0 Å². The topological polar surface area (TPSA) is 6.48 Å². The summed E-state index contributed by atoms with van der Waals surface area (Å²) < 4.78 is 0. The van der Waals surface area contributed by atoms with Gasteiger partial charge >= 0.3 is 0 Å². The molecule has 0 aromatic heterocycles. The summed E-state index contributed by atoms with van der Waals surface area (Å²) >= 11 is 0. The van der Waals surface area contributed by atoms with E-state index >= 15 is 0 Å². The molecule has 0 aromatic carbocycles. The molecule has 10 rings (SSSR count). The molecule has 0 bridgehead atoms. The molecular formula is C60H104N2. The summed E-state index contributed by atoms with van der Waals surface area (Å²) in [4.78, 5) is 6.88. The van der Waals surface area contributed by atoms with Crippen LogP contribution in [0.5, 0.6) is 0 Å². The number of hydrogen-bond donors (Lipinski definition) is 0. The van der Waals surface area contributed by atoms with Crippen LogP contribution >= 0.6 is 0 Å². The molecular weight excluding hydrogens is 749 g/mol. The van der Waals surface area contributed by atoms with E-state index in [4.69, 9.17) is 0 Å². The predicted octanol–water partition coefficient (Wildman–Crippen LogP) is 16.4. The van der Waals surface area contributed by atoms with E-state index in [1.54, 1.807) is 77.0 Å². The molecule has 10 aliphatic rings. The van der Waals surface area contributed by atoms with E-state index in [9.17, 15) is 0 Å². The number of hydrogen-bond acceptors (Lipinski definition) is 2. The maximum Gasteiger partial charge on any atom is 0.0133 e. The fourth-order valence-electron chi connectivity index (χ4n) is 19.8. The zero-order valence-corrected chi connectivity index (χ0v) is 42.2. The Hall–Kier alpha value is -0.0800. The van der Waals surface area contributed by atoms with E-state index in [0.717, 1.165) is 131 Å². The van der Waals surface area contributed by atoms with Crippen molar-refractivity contribution in [1.82, 2.24) is 9.80 Å². The smallest absolute Gasteiger partial charge is 0.0133 e. The van der Waals surface area contributed by atoms with Crippen LogP contribution in [0, 0.1) is 94.7 Å². The van der Waals surface area contributed by atoms with Crippen LogP contribution in [0.4, 0.5) is 0 Å². The largest absolute Gasteiger partial charge is 0.294 e. The van der Waals surface area contributed by atoms with Gasteiger partial charge in [0.05, 0.1) is 0 Å². The van der Waals surface area contributed by atoms with Crippen molar-refractivity contribution >= 4 is 0 Å². The van der Waals surface area contributed by atoms with Crippen LogP contribution in [0.25, 0.3) is 0 Å². The van der Waals surface area contributed by atoms with Crippen LogP contribution in [0.15, 0.2) is 0 Å². The molecule has 10 fully saturated rings. The Balaban J connectivity index is 0.828. The van der Waals surface area contributed by atoms with Gasteiger partial charge in [-0.25, -0.2) is 0 Å². The standard InChI is InChI=1S/C60H104N2/c1-39-17-21-45(22-18-39)47-35-49(36-47)55-27-25-53(33-43(55)5)61(51-13-9-11-41(3)31-51)59-29-30-60(58-16-8-7-15-57(58)59)62(52-14-10-12-42(4)32-52)54-26-28-56(44(6)34-54)50-37-48(38-50)46-23-19-40(2)20-24-46/h39-60H,7-38H2,1-6H3. The first-order valence-electron chi connectivity index (χ1n) is 29.7. The number of rotatable bonds is 10. The van der Waals surface area contributed by atoms with Gasteiger partial charge in [0.25, 0.3) is 0 Å². The Morgan fingerprint density at radius 3 is 1.00 bits per heavy atom. The quantitative estimate of drug-likeness (QED) is 0.216. The van der Waals surface area contributed by atoms with Crippen molar-refractivity contribution in [3.05, 3.63) is 0 Å². The summed E-state index contributed by atoms with van der Waals surface area (Å²) in [5.41, 5.74) is 0. The molecule has 14 atom stereocenters. The first-order valence-corrected chi connectivity index (χ1v) is 29.7. The Bertz CT molecular complexity index is 1270. The first-order chi connectivity index (χ1) is 30.2. The van der Waals surface area contributed by atoms with E-state index in [2.05, 4.69) is 51.3 Å². The summed E-state index contributed by atoms with van der Waals surface area (Å²) in [6.45, 7) is 15.8. The average Bonchev–Trinajstić information content (AvgIpc) is 3.23. The summed E-state index contributed by atoms with van der Waals surface area (Å²) in [7, 11) is 0. The SMILES string of the molecule is CC1CCC(C2CC(C3CCC(N(C4CCCC(C)C4)C4CCC(N(C5CCCC(C)C5)C5CCC(C6CC(C7CCC(C)CC7)C6)C(C)C5)C5CCCCC54)CC3C)C2)CC1. The van der Waals surface area contributed by atoms with Gasteiger partial charge in [-0.3, -0.25) is 9.80 Å².